The van der Waals surface area contributed by atoms with Gasteiger partial charge in [0.25, 0.3) is 0 Å². The number of fused-ring (bicyclic) bond motifs is 1. The molecule has 2 unspecified atom stereocenters. The van der Waals surface area contributed by atoms with Crippen LogP contribution in [0, 0.1) is 5.92 Å². The Morgan fingerprint density at radius 2 is 2.06 bits per heavy atom. The Hall–Kier alpha value is -2.85. The molecule has 2 atom stereocenters. The van der Waals surface area contributed by atoms with E-state index in [1.807, 2.05) is 48.7 Å². The lowest BCUT2D eigenvalue weighted by Crippen LogP contribution is -2.17. The summed E-state index contributed by atoms with van der Waals surface area (Å²) in [5.41, 5.74) is 1.52. The van der Waals surface area contributed by atoms with E-state index in [0.29, 0.717) is 34.0 Å². The van der Waals surface area contributed by atoms with Gasteiger partial charge in [0.2, 0.25) is 5.91 Å². The molecule has 3 aromatic rings. The highest BCUT2D eigenvalue weighted by molar-refractivity contribution is 7.99. The van der Waals surface area contributed by atoms with Crippen LogP contribution in [0.25, 0.3) is 0 Å². The number of thiophene rings is 1. The van der Waals surface area contributed by atoms with E-state index in [-0.39, 0.29) is 17.8 Å². The van der Waals surface area contributed by atoms with Crippen molar-refractivity contribution in [1.29, 1.82) is 0 Å². The van der Waals surface area contributed by atoms with E-state index in [9.17, 15) is 9.59 Å². The fourth-order valence-corrected chi connectivity index (χ4v) is 6.43. The van der Waals surface area contributed by atoms with Gasteiger partial charge in [0.1, 0.15) is 10.8 Å². The highest BCUT2D eigenvalue weighted by Crippen LogP contribution is 2.40. The average Bonchev–Trinajstić information content (AvgIpc) is 3.43. The van der Waals surface area contributed by atoms with Crippen molar-refractivity contribution in [2.75, 3.05) is 18.2 Å². The van der Waals surface area contributed by atoms with Crippen LogP contribution in [0.15, 0.2) is 35.5 Å². The van der Waals surface area contributed by atoms with Crippen molar-refractivity contribution in [3.05, 3.63) is 52.2 Å². The number of hydrogen-bond acceptors (Lipinski definition) is 8. The van der Waals surface area contributed by atoms with E-state index in [2.05, 4.69) is 22.4 Å². The van der Waals surface area contributed by atoms with Crippen molar-refractivity contribution in [3.8, 4) is 5.75 Å². The minimum absolute atomic E-state index is 0.144. The first-order chi connectivity index (χ1) is 16.9. The number of para-hydroxylation sites is 1. The third-order valence-electron chi connectivity index (χ3n) is 5.97. The van der Waals surface area contributed by atoms with Crippen molar-refractivity contribution in [2.45, 2.75) is 57.8 Å². The average molecular weight is 515 g/mol. The van der Waals surface area contributed by atoms with Gasteiger partial charge in [-0.3, -0.25) is 4.79 Å². The van der Waals surface area contributed by atoms with Gasteiger partial charge in [-0.25, -0.2) is 4.79 Å². The number of esters is 1. The first-order valence-corrected chi connectivity index (χ1v) is 13.5. The molecule has 0 aliphatic heterocycles. The maximum absolute atomic E-state index is 12.8. The molecule has 0 bridgehead atoms. The molecule has 0 radical (unpaired) electrons. The molecule has 35 heavy (non-hydrogen) atoms. The van der Waals surface area contributed by atoms with Crippen LogP contribution in [-0.2, 0) is 28.9 Å². The van der Waals surface area contributed by atoms with Crippen molar-refractivity contribution < 1.29 is 19.1 Å². The van der Waals surface area contributed by atoms with Crippen LogP contribution in [0.3, 0.4) is 0 Å². The summed E-state index contributed by atoms with van der Waals surface area (Å²) in [6.07, 6.45) is 2.47. The van der Waals surface area contributed by atoms with Crippen LogP contribution in [-0.4, -0.2) is 39.5 Å². The largest absolute Gasteiger partial charge is 0.483 e. The number of benzene rings is 1. The number of amides is 1. The molecule has 0 fully saturated rings. The molecule has 4 rings (SSSR count). The predicted molar refractivity (Wildman–Crippen MR) is 137 cm³/mol. The first-order valence-electron chi connectivity index (χ1n) is 11.7. The Kier molecular flexibility index (Phi) is 8.12. The molecule has 1 aromatic carbocycles. The zero-order valence-electron chi connectivity index (χ0n) is 20.4. The maximum Gasteiger partial charge on any atom is 0.341 e. The summed E-state index contributed by atoms with van der Waals surface area (Å²) in [7, 11) is 1.37. The molecule has 186 valence electrons. The third kappa shape index (κ3) is 5.70. The molecule has 8 nitrogen and oxygen atoms in total. The van der Waals surface area contributed by atoms with Gasteiger partial charge < -0.3 is 19.4 Å². The number of ether oxygens (including phenoxy) is 2. The molecular weight excluding hydrogens is 484 g/mol. The van der Waals surface area contributed by atoms with Crippen LogP contribution in [0.1, 0.15) is 59.9 Å². The second-order valence-corrected chi connectivity index (χ2v) is 10.6. The van der Waals surface area contributed by atoms with E-state index in [1.165, 1.54) is 30.2 Å². The molecule has 0 saturated heterocycles. The van der Waals surface area contributed by atoms with E-state index in [1.54, 1.807) is 0 Å². The summed E-state index contributed by atoms with van der Waals surface area (Å²) in [6, 6.07) is 9.57. The molecule has 0 saturated carbocycles. The minimum atomic E-state index is -0.400. The summed E-state index contributed by atoms with van der Waals surface area (Å²) < 4.78 is 13.0. The highest BCUT2D eigenvalue weighted by atomic mass is 32.2. The van der Waals surface area contributed by atoms with E-state index >= 15 is 0 Å². The van der Waals surface area contributed by atoms with Gasteiger partial charge in [-0.15, -0.1) is 21.5 Å². The van der Waals surface area contributed by atoms with Crippen molar-refractivity contribution >= 4 is 40.0 Å². The molecular formula is C25H30N4O4S2. The topological polar surface area (TPSA) is 95.3 Å². The monoisotopic (exact) mass is 514 g/mol. The first kappa shape index (κ1) is 25.2. The normalized spacial score (nSPS) is 15.8. The number of carbonyl (C=O) groups is 2. The van der Waals surface area contributed by atoms with Crippen molar-refractivity contribution in [3.63, 3.8) is 0 Å². The zero-order chi connectivity index (χ0) is 24.9. The number of methoxy groups -OCH3 is 1. The number of nitrogens with zero attached hydrogens (tertiary/aromatic N) is 3. The SMILES string of the molecule is CCn1c(SCC(=O)Nc2sc3c(c2C(=O)OC)CCC(C)C3)nnc1C(C)Oc1ccccc1. The number of nitrogens with one attached hydrogen (secondary N) is 1. The summed E-state index contributed by atoms with van der Waals surface area (Å²) in [5.74, 6) is 1.57. The van der Waals surface area contributed by atoms with Crippen LogP contribution < -0.4 is 10.1 Å². The van der Waals surface area contributed by atoms with Crippen molar-refractivity contribution in [1.82, 2.24) is 14.8 Å². The second-order valence-electron chi connectivity index (χ2n) is 8.54. The van der Waals surface area contributed by atoms with Gasteiger partial charge >= 0.3 is 5.97 Å². The summed E-state index contributed by atoms with van der Waals surface area (Å²) >= 11 is 2.79. The molecule has 2 aromatic heterocycles. The molecule has 1 amide bonds. The number of anilines is 1. The number of thioether (sulfide) groups is 1. The molecule has 1 N–H and O–H groups in total. The Morgan fingerprint density at radius 3 is 2.77 bits per heavy atom. The van der Waals surface area contributed by atoms with Crippen LogP contribution in [0.5, 0.6) is 5.75 Å². The lowest BCUT2D eigenvalue weighted by Gasteiger charge is -2.18. The Bertz CT molecular complexity index is 1190. The summed E-state index contributed by atoms with van der Waals surface area (Å²) in [6.45, 7) is 6.79. The van der Waals surface area contributed by atoms with Crippen molar-refractivity contribution in [2.24, 2.45) is 5.92 Å². The van der Waals surface area contributed by atoms with Crippen LogP contribution in [0.2, 0.25) is 0 Å². The van der Waals surface area contributed by atoms with Gasteiger partial charge in [0.05, 0.1) is 18.4 Å². The fourth-order valence-electron chi connectivity index (χ4n) is 4.21. The quantitative estimate of drug-likeness (QED) is 0.312. The van der Waals surface area contributed by atoms with E-state index in [4.69, 9.17) is 9.47 Å². The van der Waals surface area contributed by atoms with Gasteiger partial charge in [-0.1, -0.05) is 36.9 Å². The van der Waals surface area contributed by atoms with Crippen LogP contribution in [0.4, 0.5) is 5.00 Å². The summed E-state index contributed by atoms with van der Waals surface area (Å²) in [4.78, 5) is 26.5. The van der Waals surface area contributed by atoms with Gasteiger partial charge in [-0.2, -0.15) is 0 Å². The predicted octanol–water partition coefficient (Wildman–Crippen LogP) is 5.14. The second kappa shape index (κ2) is 11.3. The fraction of sp³-hybridized carbons (Fsp3) is 0.440. The minimum Gasteiger partial charge on any atom is -0.483 e. The maximum atomic E-state index is 12.8. The van der Waals surface area contributed by atoms with Gasteiger partial charge in [-0.05, 0) is 56.7 Å². The number of rotatable bonds is 9. The lowest BCUT2D eigenvalue weighted by molar-refractivity contribution is -0.113. The molecule has 1 aliphatic carbocycles. The zero-order valence-corrected chi connectivity index (χ0v) is 22.0. The third-order valence-corrected chi connectivity index (χ3v) is 8.10. The molecule has 0 spiro atoms. The van der Waals surface area contributed by atoms with Gasteiger partial charge in [0, 0.05) is 11.4 Å². The number of aromatic nitrogens is 3. The molecule has 2 heterocycles. The Balaban J connectivity index is 1.44. The standard InChI is InChI=1S/C25H30N4O4S2/c1-5-29-22(16(3)33-17-9-7-6-8-10-17)27-28-25(29)34-14-20(30)26-23-21(24(31)32-4)18-12-11-15(2)13-19(18)35-23/h6-10,15-16H,5,11-14H2,1-4H3,(H,26,30). The highest BCUT2D eigenvalue weighted by Gasteiger charge is 2.29. The summed E-state index contributed by atoms with van der Waals surface area (Å²) in [5, 5.41) is 12.8. The smallest absolute Gasteiger partial charge is 0.341 e. The van der Waals surface area contributed by atoms with E-state index in [0.717, 1.165) is 35.5 Å². The Labute approximate surface area is 213 Å². The van der Waals surface area contributed by atoms with E-state index < -0.39 is 5.97 Å². The lowest BCUT2D eigenvalue weighted by atomic mass is 9.88. The number of hydrogen-bond donors (Lipinski definition) is 1. The van der Waals surface area contributed by atoms with Crippen LogP contribution >= 0.6 is 23.1 Å². The molecule has 1 aliphatic rings. The molecule has 10 heteroatoms. The van der Waals surface area contributed by atoms with Gasteiger partial charge in [0.15, 0.2) is 17.1 Å². The number of carbonyl (C=O) groups excluding carboxylic acids is 2. The Morgan fingerprint density at radius 1 is 1.29 bits per heavy atom.